The molecule has 19 heavy (non-hydrogen) atoms. The summed E-state index contributed by atoms with van der Waals surface area (Å²) >= 11 is 0. The molecule has 1 aromatic carbocycles. The van der Waals surface area contributed by atoms with E-state index in [1.807, 2.05) is 13.8 Å². The summed E-state index contributed by atoms with van der Waals surface area (Å²) in [7, 11) is 1.57. The Morgan fingerprint density at radius 1 is 1.11 bits per heavy atom. The van der Waals surface area contributed by atoms with Crippen molar-refractivity contribution in [3.8, 4) is 5.75 Å². The van der Waals surface area contributed by atoms with Crippen LogP contribution < -0.4 is 15.4 Å². The fraction of sp³-hybridized carbons (Fsp3) is 0.429. The molecule has 2 amide bonds. The molecular weight excluding hydrogens is 244 g/mol. The maximum atomic E-state index is 11.7. The van der Waals surface area contributed by atoms with Gasteiger partial charge in [0, 0.05) is 18.7 Å². The molecule has 1 unspecified atom stereocenters. The summed E-state index contributed by atoms with van der Waals surface area (Å²) in [6.45, 7) is 5.47. The van der Waals surface area contributed by atoms with Crippen LogP contribution in [0.25, 0.3) is 0 Å². The van der Waals surface area contributed by atoms with Gasteiger partial charge in [-0.25, -0.2) is 0 Å². The summed E-state index contributed by atoms with van der Waals surface area (Å²) in [6, 6.07) is 6.73. The van der Waals surface area contributed by atoms with Crippen molar-refractivity contribution in [2.45, 2.75) is 32.9 Å². The van der Waals surface area contributed by atoms with E-state index in [4.69, 9.17) is 4.74 Å². The minimum absolute atomic E-state index is 0.0779. The highest BCUT2D eigenvalue weighted by Crippen LogP contribution is 2.14. The van der Waals surface area contributed by atoms with Gasteiger partial charge in [-0.05, 0) is 45.0 Å². The Labute approximate surface area is 113 Å². The van der Waals surface area contributed by atoms with Crippen molar-refractivity contribution in [3.63, 3.8) is 0 Å². The first kappa shape index (κ1) is 15.0. The lowest BCUT2D eigenvalue weighted by atomic mass is 10.2. The molecule has 0 aliphatic heterocycles. The smallest absolute Gasteiger partial charge is 0.260 e. The van der Waals surface area contributed by atoms with Gasteiger partial charge in [0.1, 0.15) is 5.75 Å². The third kappa shape index (κ3) is 4.62. The van der Waals surface area contributed by atoms with Gasteiger partial charge in [0.25, 0.3) is 11.8 Å². The Bertz CT molecular complexity index is 441. The number of carbonyl (C=O) groups is 2. The van der Waals surface area contributed by atoms with E-state index >= 15 is 0 Å². The van der Waals surface area contributed by atoms with Gasteiger partial charge in [-0.1, -0.05) is 0 Å². The summed E-state index contributed by atoms with van der Waals surface area (Å²) in [4.78, 5) is 23.0. The van der Waals surface area contributed by atoms with Crippen LogP contribution in [-0.4, -0.2) is 31.0 Å². The van der Waals surface area contributed by atoms with Crippen LogP contribution in [0.15, 0.2) is 24.3 Å². The molecule has 5 heteroatoms. The second kappa shape index (κ2) is 6.78. The van der Waals surface area contributed by atoms with Crippen LogP contribution in [0.5, 0.6) is 5.75 Å². The normalized spacial score (nSPS) is 11.8. The predicted octanol–water partition coefficient (Wildman–Crippen LogP) is 1.34. The molecule has 0 aromatic heterocycles. The summed E-state index contributed by atoms with van der Waals surface area (Å²) < 4.78 is 5.50. The molecule has 0 spiro atoms. The van der Waals surface area contributed by atoms with Gasteiger partial charge in [-0.15, -0.1) is 0 Å². The first-order valence-corrected chi connectivity index (χ1v) is 6.23. The summed E-state index contributed by atoms with van der Waals surface area (Å²) in [5.74, 6) is 0.238. The fourth-order valence-electron chi connectivity index (χ4n) is 1.49. The molecule has 2 N–H and O–H groups in total. The first-order chi connectivity index (χ1) is 8.93. The Morgan fingerprint density at radius 2 is 1.68 bits per heavy atom. The molecule has 0 aliphatic rings. The zero-order chi connectivity index (χ0) is 14.4. The van der Waals surface area contributed by atoms with E-state index < -0.39 is 6.10 Å². The van der Waals surface area contributed by atoms with Gasteiger partial charge >= 0.3 is 0 Å². The Balaban J connectivity index is 2.62. The summed E-state index contributed by atoms with van der Waals surface area (Å²) in [5, 5.41) is 5.31. The zero-order valence-corrected chi connectivity index (χ0v) is 11.7. The Morgan fingerprint density at radius 3 is 2.16 bits per heavy atom. The lowest BCUT2D eigenvalue weighted by Gasteiger charge is -2.16. The lowest BCUT2D eigenvalue weighted by molar-refractivity contribution is -0.127. The largest absolute Gasteiger partial charge is 0.481 e. The van der Waals surface area contributed by atoms with Crippen molar-refractivity contribution in [2.75, 3.05) is 7.05 Å². The first-order valence-electron chi connectivity index (χ1n) is 6.23. The molecule has 0 bridgehead atoms. The maximum absolute atomic E-state index is 11.7. The quantitative estimate of drug-likeness (QED) is 0.843. The molecule has 0 saturated heterocycles. The van der Waals surface area contributed by atoms with Crippen molar-refractivity contribution in [3.05, 3.63) is 29.8 Å². The molecule has 0 fully saturated rings. The van der Waals surface area contributed by atoms with Gasteiger partial charge in [-0.3, -0.25) is 9.59 Å². The number of hydrogen-bond acceptors (Lipinski definition) is 3. The minimum Gasteiger partial charge on any atom is -0.481 e. The van der Waals surface area contributed by atoms with E-state index in [-0.39, 0.29) is 17.9 Å². The summed E-state index contributed by atoms with van der Waals surface area (Å²) in [5.41, 5.74) is 0.550. The van der Waals surface area contributed by atoms with Gasteiger partial charge in [0.2, 0.25) is 0 Å². The van der Waals surface area contributed by atoms with Gasteiger partial charge in [-0.2, -0.15) is 0 Å². The second-order valence-electron chi connectivity index (χ2n) is 4.53. The maximum Gasteiger partial charge on any atom is 0.260 e. The van der Waals surface area contributed by atoms with Crippen molar-refractivity contribution < 1.29 is 14.3 Å². The Kier molecular flexibility index (Phi) is 5.36. The molecule has 1 rings (SSSR count). The molecule has 0 radical (unpaired) electrons. The molecule has 0 heterocycles. The van der Waals surface area contributed by atoms with Crippen LogP contribution in [0.2, 0.25) is 0 Å². The molecule has 0 aliphatic carbocycles. The average molecular weight is 264 g/mol. The highest BCUT2D eigenvalue weighted by molar-refractivity contribution is 5.94. The minimum atomic E-state index is -0.576. The van der Waals surface area contributed by atoms with Crippen LogP contribution in [-0.2, 0) is 4.79 Å². The van der Waals surface area contributed by atoms with E-state index in [9.17, 15) is 9.59 Å². The molecule has 1 atom stereocenters. The summed E-state index contributed by atoms with van der Waals surface area (Å²) in [6.07, 6.45) is -0.576. The van der Waals surface area contributed by atoms with Crippen LogP contribution in [0.4, 0.5) is 0 Å². The SMILES string of the molecule is CNC(=O)c1ccc(OC(C)C(=O)NC(C)C)cc1. The van der Waals surface area contributed by atoms with Crippen LogP contribution in [0, 0.1) is 0 Å². The number of hydrogen-bond donors (Lipinski definition) is 2. The zero-order valence-electron chi connectivity index (χ0n) is 11.7. The third-order valence-electron chi connectivity index (χ3n) is 2.46. The monoisotopic (exact) mass is 264 g/mol. The number of ether oxygens (including phenoxy) is 1. The van der Waals surface area contributed by atoms with E-state index in [0.717, 1.165) is 0 Å². The predicted molar refractivity (Wildman–Crippen MR) is 73.2 cm³/mol. The molecule has 104 valence electrons. The number of nitrogens with one attached hydrogen (secondary N) is 2. The topological polar surface area (TPSA) is 67.4 Å². The van der Waals surface area contributed by atoms with E-state index in [2.05, 4.69) is 10.6 Å². The lowest BCUT2D eigenvalue weighted by Crippen LogP contribution is -2.40. The van der Waals surface area contributed by atoms with Crippen molar-refractivity contribution in [1.29, 1.82) is 0 Å². The molecular formula is C14H20N2O3. The average Bonchev–Trinajstić information content (AvgIpc) is 2.37. The van der Waals surface area contributed by atoms with Crippen LogP contribution >= 0.6 is 0 Å². The number of carbonyl (C=O) groups excluding carboxylic acids is 2. The number of rotatable bonds is 5. The van der Waals surface area contributed by atoms with Crippen LogP contribution in [0.1, 0.15) is 31.1 Å². The Hall–Kier alpha value is -2.04. The second-order valence-corrected chi connectivity index (χ2v) is 4.53. The van der Waals surface area contributed by atoms with Gasteiger partial charge < -0.3 is 15.4 Å². The van der Waals surface area contributed by atoms with E-state index in [1.54, 1.807) is 38.2 Å². The number of benzene rings is 1. The highest BCUT2D eigenvalue weighted by Gasteiger charge is 2.15. The molecule has 1 aromatic rings. The molecule has 5 nitrogen and oxygen atoms in total. The van der Waals surface area contributed by atoms with Gasteiger partial charge in [0.05, 0.1) is 0 Å². The van der Waals surface area contributed by atoms with Crippen molar-refractivity contribution >= 4 is 11.8 Å². The van der Waals surface area contributed by atoms with Gasteiger partial charge in [0.15, 0.2) is 6.10 Å². The van der Waals surface area contributed by atoms with E-state index in [1.165, 1.54) is 0 Å². The standard InChI is InChI=1S/C14H20N2O3/c1-9(2)16-13(17)10(3)19-12-7-5-11(6-8-12)14(18)15-4/h5-10H,1-4H3,(H,15,18)(H,16,17). The van der Waals surface area contributed by atoms with Crippen molar-refractivity contribution in [1.82, 2.24) is 10.6 Å². The van der Waals surface area contributed by atoms with Crippen LogP contribution in [0.3, 0.4) is 0 Å². The highest BCUT2D eigenvalue weighted by atomic mass is 16.5. The number of amides is 2. The fourth-order valence-corrected chi connectivity index (χ4v) is 1.49. The third-order valence-corrected chi connectivity index (χ3v) is 2.46. The van der Waals surface area contributed by atoms with Crippen molar-refractivity contribution in [2.24, 2.45) is 0 Å². The molecule has 0 saturated carbocycles. The van der Waals surface area contributed by atoms with E-state index in [0.29, 0.717) is 11.3 Å².